The first-order valence-corrected chi connectivity index (χ1v) is 2.58. The minimum atomic E-state index is 0. The van der Waals surface area contributed by atoms with E-state index >= 15 is 0 Å². The number of benzene rings is 1. The van der Waals surface area contributed by atoms with Crippen LogP contribution in [0.2, 0.25) is 0 Å². The van der Waals surface area contributed by atoms with E-state index in [4.69, 9.17) is 5.11 Å². The van der Waals surface area contributed by atoms with Crippen LogP contribution in [-0.4, -0.2) is 34.4 Å². The summed E-state index contributed by atoms with van der Waals surface area (Å²) in [6, 6.07) is 6.40. The van der Waals surface area contributed by atoms with Gasteiger partial charge in [-0.2, -0.15) is 0 Å². The summed E-state index contributed by atoms with van der Waals surface area (Å²) < 4.78 is 0. The van der Waals surface area contributed by atoms with Crippen molar-refractivity contribution in [2.75, 3.05) is 0 Å². The van der Waals surface area contributed by atoms with Gasteiger partial charge in [0.25, 0.3) is 0 Å². The lowest BCUT2D eigenvalue weighted by Crippen LogP contribution is -1.77. The summed E-state index contributed by atoms with van der Waals surface area (Å²) in [5.41, 5.74) is 0.331. The predicted molar refractivity (Wildman–Crippen MR) is 42.0 cm³/mol. The van der Waals surface area contributed by atoms with Crippen molar-refractivity contribution in [3.8, 4) is 5.75 Å². The maximum atomic E-state index is 10.1. The van der Waals surface area contributed by atoms with Crippen molar-refractivity contribution < 1.29 is 9.90 Å². The molecule has 2 nitrogen and oxygen atoms in total. The van der Waals surface area contributed by atoms with Gasteiger partial charge in [-0.3, -0.25) is 4.79 Å². The van der Waals surface area contributed by atoms with Gasteiger partial charge in [0.2, 0.25) is 0 Å². The fourth-order valence-electron chi connectivity index (χ4n) is 0.587. The fourth-order valence-corrected chi connectivity index (χ4v) is 0.587. The molecule has 0 fully saturated rings. The van der Waals surface area contributed by atoms with Crippen LogP contribution in [0.3, 0.4) is 0 Å². The molecule has 0 aliphatic rings. The zero-order valence-electron chi connectivity index (χ0n) is 4.74. The number of rotatable bonds is 1. The standard InChI is InChI=1S/C7H6O2.Mg.2H/c8-5-6-3-1-2-4-7(6)9;;;/h1-5,9H;;;. The molecule has 0 saturated heterocycles. The molecule has 0 bridgehead atoms. The van der Waals surface area contributed by atoms with Crippen molar-refractivity contribution in [2.45, 2.75) is 0 Å². The quantitative estimate of drug-likeness (QED) is 0.459. The molecule has 1 rings (SSSR count). The SMILES string of the molecule is O=Cc1ccccc1O.[MgH2]. The Morgan fingerprint density at radius 1 is 1.30 bits per heavy atom. The van der Waals surface area contributed by atoms with Gasteiger partial charge in [0.1, 0.15) is 5.75 Å². The predicted octanol–water partition coefficient (Wildman–Crippen LogP) is 0.289. The van der Waals surface area contributed by atoms with E-state index in [1.807, 2.05) is 0 Å². The summed E-state index contributed by atoms with van der Waals surface area (Å²) >= 11 is 0. The third-order valence-corrected chi connectivity index (χ3v) is 1.06. The summed E-state index contributed by atoms with van der Waals surface area (Å²) in [4.78, 5) is 10.1. The van der Waals surface area contributed by atoms with Gasteiger partial charge >= 0.3 is 23.1 Å². The third-order valence-electron chi connectivity index (χ3n) is 1.06. The molecular weight excluding hydrogens is 140 g/mol. The highest BCUT2D eigenvalue weighted by atomic mass is 24.3. The first-order valence-electron chi connectivity index (χ1n) is 2.58. The van der Waals surface area contributed by atoms with E-state index in [0.717, 1.165) is 0 Å². The van der Waals surface area contributed by atoms with Crippen LogP contribution < -0.4 is 0 Å². The number of hydrogen-bond donors (Lipinski definition) is 1. The van der Waals surface area contributed by atoms with Crippen LogP contribution in [0.1, 0.15) is 10.4 Å². The molecule has 0 aliphatic carbocycles. The number of aldehydes is 1. The maximum Gasteiger partial charge on any atom is 0.316 e. The lowest BCUT2D eigenvalue weighted by molar-refractivity contribution is 0.112. The second-order valence-electron chi connectivity index (χ2n) is 1.68. The Morgan fingerprint density at radius 3 is 2.30 bits per heavy atom. The molecule has 3 heteroatoms. The Labute approximate surface area is 75.0 Å². The Hall–Kier alpha value is -0.544. The first kappa shape index (κ1) is 9.46. The maximum absolute atomic E-state index is 10.1. The van der Waals surface area contributed by atoms with Crippen LogP contribution in [0.4, 0.5) is 0 Å². The Morgan fingerprint density at radius 2 is 1.90 bits per heavy atom. The van der Waals surface area contributed by atoms with Crippen LogP contribution in [-0.2, 0) is 0 Å². The number of hydrogen-bond acceptors (Lipinski definition) is 2. The van der Waals surface area contributed by atoms with Gasteiger partial charge in [0.15, 0.2) is 6.29 Å². The number of phenols is 1. The van der Waals surface area contributed by atoms with Gasteiger partial charge in [-0.1, -0.05) is 12.1 Å². The van der Waals surface area contributed by atoms with Crippen LogP contribution in [0.15, 0.2) is 24.3 Å². The zero-order valence-corrected chi connectivity index (χ0v) is 4.74. The molecule has 1 aromatic carbocycles. The first-order chi connectivity index (χ1) is 4.34. The lowest BCUT2D eigenvalue weighted by atomic mass is 10.2. The van der Waals surface area contributed by atoms with Crippen molar-refractivity contribution in [1.82, 2.24) is 0 Å². The highest BCUT2D eigenvalue weighted by molar-refractivity contribution is 5.78. The van der Waals surface area contributed by atoms with Crippen LogP contribution in [0, 0.1) is 0 Å². The summed E-state index contributed by atoms with van der Waals surface area (Å²) in [6.45, 7) is 0. The van der Waals surface area contributed by atoms with Crippen LogP contribution in [0.25, 0.3) is 0 Å². The molecule has 0 aliphatic heterocycles. The second kappa shape index (κ2) is 4.30. The third kappa shape index (κ3) is 2.00. The molecule has 0 saturated carbocycles. The molecule has 0 aromatic heterocycles. The van der Waals surface area contributed by atoms with Crippen molar-refractivity contribution in [1.29, 1.82) is 0 Å². The minimum absolute atomic E-state index is 0. The Balaban J connectivity index is 0.000000810. The number of para-hydroxylation sites is 1. The van der Waals surface area contributed by atoms with Crippen molar-refractivity contribution in [3.05, 3.63) is 29.8 Å². The number of carbonyl (C=O) groups excluding carboxylic acids is 1. The van der Waals surface area contributed by atoms with Gasteiger partial charge < -0.3 is 5.11 Å². The van der Waals surface area contributed by atoms with Gasteiger partial charge in [0.05, 0.1) is 5.56 Å². The molecule has 0 atom stereocenters. The smallest absolute Gasteiger partial charge is 0.316 e. The van der Waals surface area contributed by atoms with E-state index in [2.05, 4.69) is 0 Å². The molecule has 1 aromatic rings. The van der Waals surface area contributed by atoms with Crippen LogP contribution in [0.5, 0.6) is 5.75 Å². The second-order valence-corrected chi connectivity index (χ2v) is 1.68. The molecule has 0 spiro atoms. The number of carbonyl (C=O) groups is 1. The van der Waals surface area contributed by atoms with E-state index in [9.17, 15) is 4.79 Å². The highest BCUT2D eigenvalue weighted by Crippen LogP contribution is 2.11. The van der Waals surface area contributed by atoms with E-state index in [0.29, 0.717) is 11.8 Å². The van der Waals surface area contributed by atoms with E-state index < -0.39 is 0 Å². The topological polar surface area (TPSA) is 37.3 Å². The summed E-state index contributed by atoms with van der Waals surface area (Å²) in [7, 11) is 0. The summed E-state index contributed by atoms with van der Waals surface area (Å²) in [5, 5.41) is 8.88. The zero-order chi connectivity index (χ0) is 6.69. The normalized spacial score (nSPS) is 8.00. The number of aromatic hydroxyl groups is 1. The molecule has 0 heterocycles. The van der Waals surface area contributed by atoms with Crippen molar-refractivity contribution >= 4 is 29.3 Å². The van der Waals surface area contributed by atoms with Crippen LogP contribution >= 0.6 is 0 Å². The average molecular weight is 148 g/mol. The molecule has 50 valence electrons. The fraction of sp³-hybridized carbons (Fsp3) is 0. The summed E-state index contributed by atoms with van der Waals surface area (Å²) in [6.07, 6.45) is 0.620. The molecule has 1 N–H and O–H groups in total. The van der Waals surface area contributed by atoms with E-state index in [1.54, 1.807) is 18.2 Å². The minimum Gasteiger partial charge on any atom is -0.507 e. The van der Waals surface area contributed by atoms with Crippen molar-refractivity contribution in [3.63, 3.8) is 0 Å². The van der Waals surface area contributed by atoms with Gasteiger partial charge in [-0.15, -0.1) is 0 Å². The number of phenolic OH excluding ortho intramolecular Hbond substituents is 1. The largest absolute Gasteiger partial charge is 0.507 e. The molecule has 10 heavy (non-hydrogen) atoms. The van der Waals surface area contributed by atoms with Crippen molar-refractivity contribution in [2.24, 2.45) is 0 Å². The van der Waals surface area contributed by atoms with E-state index in [1.165, 1.54) is 6.07 Å². The molecule has 0 amide bonds. The highest BCUT2D eigenvalue weighted by Gasteiger charge is 1.93. The Kier molecular flexibility index (Phi) is 4.07. The van der Waals surface area contributed by atoms with Gasteiger partial charge in [0, 0.05) is 0 Å². The average Bonchev–Trinajstić information content (AvgIpc) is 1.89. The van der Waals surface area contributed by atoms with E-state index in [-0.39, 0.29) is 28.8 Å². The summed E-state index contributed by atoms with van der Waals surface area (Å²) in [5.74, 6) is 0.0347. The van der Waals surface area contributed by atoms with Gasteiger partial charge in [-0.25, -0.2) is 0 Å². The molecule has 0 radical (unpaired) electrons. The molecular formula is C7H8MgO2. The molecule has 0 unspecified atom stereocenters. The van der Waals surface area contributed by atoms with Gasteiger partial charge in [-0.05, 0) is 12.1 Å². The lowest BCUT2D eigenvalue weighted by Gasteiger charge is -1.91. The monoisotopic (exact) mass is 148 g/mol. The Bertz CT molecular complexity index is 223.